The minimum Gasteiger partial charge on any atom is -1.00 e. The molecule has 0 saturated heterocycles. The number of esters is 1. The van der Waals surface area contributed by atoms with Gasteiger partial charge in [0.25, 0.3) is 0 Å². The van der Waals surface area contributed by atoms with Crippen LogP contribution in [-0.4, -0.2) is 26.2 Å². The number of carbonyl (C=O) groups is 1. The van der Waals surface area contributed by atoms with Gasteiger partial charge in [0.2, 0.25) is 0 Å². The number of rotatable bonds is 7. The normalized spacial score (nSPS) is 11.3. The summed E-state index contributed by atoms with van der Waals surface area (Å²) < 4.78 is 5.28. The number of benzene rings is 2. The lowest BCUT2D eigenvalue weighted by molar-refractivity contribution is -0.894. The van der Waals surface area contributed by atoms with Crippen LogP contribution >= 0.6 is 0 Å². The third-order valence-electron chi connectivity index (χ3n) is 3.48. The molecule has 2 rings (SSSR count). The van der Waals surface area contributed by atoms with Gasteiger partial charge in [0.1, 0.15) is 6.54 Å². The number of quaternary nitrogens is 1. The highest BCUT2D eigenvalue weighted by Crippen LogP contribution is 2.06. The third-order valence-corrected chi connectivity index (χ3v) is 3.48. The monoisotopic (exact) mass is 334 g/mol. The minimum atomic E-state index is -0.291. The van der Waals surface area contributed by atoms with Gasteiger partial charge in [-0.3, -0.25) is 0 Å². The largest absolute Gasteiger partial charge is 1.00 e. The summed E-state index contributed by atoms with van der Waals surface area (Å²) in [7, 11) is 2.15. The number of anilines is 1. The molecule has 2 aromatic rings. The molecule has 0 spiro atoms. The zero-order chi connectivity index (χ0) is 15.8. The fourth-order valence-corrected chi connectivity index (χ4v) is 2.27. The summed E-state index contributed by atoms with van der Waals surface area (Å²) in [5, 5.41) is 0. The highest BCUT2D eigenvalue weighted by Gasteiger charge is 2.08. The maximum Gasteiger partial charge on any atom is 0.338 e. The van der Waals surface area contributed by atoms with Gasteiger partial charge in [0, 0.05) is 17.7 Å². The molecule has 0 aliphatic heterocycles. The van der Waals surface area contributed by atoms with Crippen LogP contribution < -0.4 is 23.0 Å². The maximum absolute atomic E-state index is 11.8. The van der Waals surface area contributed by atoms with Gasteiger partial charge in [-0.05, 0) is 24.3 Å². The molecule has 0 aliphatic rings. The van der Waals surface area contributed by atoms with Crippen LogP contribution in [0.3, 0.4) is 0 Å². The van der Waals surface area contributed by atoms with Crippen molar-refractivity contribution < 1.29 is 26.8 Å². The lowest BCUT2D eigenvalue weighted by Gasteiger charge is -2.14. The Kier molecular flexibility index (Phi) is 8.16. The van der Waals surface area contributed by atoms with Gasteiger partial charge < -0.3 is 27.8 Å². The summed E-state index contributed by atoms with van der Waals surface area (Å²) in [6, 6.07) is 17.2. The van der Waals surface area contributed by atoms with Gasteiger partial charge in [-0.1, -0.05) is 30.3 Å². The van der Waals surface area contributed by atoms with Crippen LogP contribution in [0.2, 0.25) is 0 Å². The first-order chi connectivity index (χ1) is 10.6. The number of ether oxygens (including phenoxy) is 1. The molecule has 2 aromatic carbocycles. The first-order valence-electron chi connectivity index (χ1n) is 7.53. The van der Waals surface area contributed by atoms with E-state index in [4.69, 9.17) is 10.5 Å². The molecule has 0 radical (unpaired) electrons. The molecule has 1 atom stereocenters. The van der Waals surface area contributed by atoms with Crippen molar-refractivity contribution in [2.75, 3.05) is 25.9 Å². The summed E-state index contributed by atoms with van der Waals surface area (Å²) in [4.78, 5) is 13.2. The lowest BCUT2D eigenvalue weighted by Crippen LogP contribution is -3.07. The highest BCUT2D eigenvalue weighted by molar-refractivity contribution is 5.89. The van der Waals surface area contributed by atoms with Gasteiger partial charge >= 0.3 is 5.97 Å². The number of nitrogens with two attached hydrogens (primary N) is 1. The summed E-state index contributed by atoms with van der Waals surface area (Å²) in [6.45, 7) is 2.38. The van der Waals surface area contributed by atoms with Gasteiger partial charge in [-0.25, -0.2) is 4.79 Å². The van der Waals surface area contributed by atoms with E-state index in [1.165, 1.54) is 10.5 Å². The number of hydrogen-bond acceptors (Lipinski definition) is 3. The van der Waals surface area contributed by atoms with E-state index in [0.29, 0.717) is 17.9 Å². The minimum absolute atomic E-state index is 0. The molecule has 0 saturated carbocycles. The fourth-order valence-electron chi connectivity index (χ4n) is 2.27. The molecular formula is C18H23ClN2O2. The Balaban J connectivity index is 0.00000264. The number of carbonyl (C=O) groups excluding carboxylic acids is 1. The van der Waals surface area contributed by atoms with Crippen LogP contribution in [0.15, 0.2) is 54.6 Å². The summed E-state index contributed by atoms with van der Waals surface area (Å²) >= 11 is 0. The van der Waals surface area contributed by atoms with Crippen molar-refractivity contribution in [1.82, 2.24) is 0 Å². The lowest BCUT2D eigenvalue weighted by atomic mass is 10.2. The molecule has 0 aliphatic carbocycles. The van der Waals surface area contributed by atoms with Gasteiger partial charge in [-0.2, -0.15) is 0 Å². The Hall–Kier alpha value is -2.04. The van der Waals surface area contributed by atoms with Crippen molar-refractivity contribution in [3.05, 3.63) is 65.7 Å². The molecule has 1 unspecified atom stereocenters. The number of hydrogen-bond donors (Lipinski definition) is 2. The quantitative estimate of drug-likeness (QED) is 0.369. The van der Waals surface area contributed by atoms with Crippen LogP contribution in [0, 0.1) is 0 Å². The van der Waals surface area contributed by atoms with Crippen molar-refractivity contribution in [1.29, 1.82) is 0 Å². The highest BCUT2D eigenvalue weighted by atomic mass is 35.5. The molecule has 124 valence electrons. The Labute approximate surface area is 143 Å². The first-order valence-corrected chi connectivity index (χ1v) is 7.53. The predicted molar refractivity (Wildman–Crippen MR) is 87.7 cm³/mol. The van der Waals surface area contributed by atoms with Crippen molar-refractivity contribution in [3.63, 3.8) is 0 Å². The SMILES string of the molecule is C[NH+](CCCOC(=O)c1ccc(N)cc1)Cc1ccccc1.[Cl-]. The fraction of sp³-hybridized carbons (Fsp3) is 0.278. The smallest absolute Gasteiger partial charge is 0.338 e. The topological polar surface area (TPSA) is 56.8 Å². The first kappa shape index (κ1) is 19.0. The molecule has 0 bridgehead atoms. The van der Waals surface area contributed by atoms with Gasteiger partial charge in [0.05, 0.1) is 25.8 Å². The van der Waals surface area contributed by atoms with E-state index in [1.807, 2.05) is 6.07 Å². The second kappa shape index (κ2) is 9.87. The molecular weight excluding hydrogens is 312 g/mol. The van der Waals surface area contributed by atoms with Crippen molar-refractivity contribution in [2.45, 2.75) is 13.0 Å². The average molecular weight is 335 g/mol. The molecule has 5 heteroatoms. The van der Waals surface area contributed by atoms with Crippen LogP contribution in [0.25, 0.3) is 0 Å². The van der Waals surface area contributed by atoms with E-state index in [0.717, 1.165) is 19.5 Å². The van der Waals surface area contributed by atoms with E-state index in [9.17, 15) is 4.79 Å². The number of nitrogens with one attached hydrogen (secondary N) is 1. The molecule has 0 fully saturated rings. The van der Waals surface area contributed by atoms with Crippen molar-refractivity contribution in [2.24, 2.45) is 0 Å². The van der Waals surface area contributed by atoms with Crippen molar-refractivity contribution >= 4 is 11.7 Å². The Bertz CT molecular complexity index is 588. The van der Waals surface area contributed by atoms with E-state index in [2.05, 4.69) is 31.3 Å². The summed E-state index contributed by atoms with van der Waals surface area (Å²) in [5.41, 5.74) is 8.09. The molecule has 0 heterocycles. The third kappa shape index (κ3) is 6.72. The summed E-state index contributed by atoms with van der Waals surface area (Å²) in [5.74, 6) is -0.291. The maximum atomic E-state index is 11.8. The Morgan fingerprint density at radius 1 is 1.09 bits per heavy atom. The van der Waals surface area contributed by atoms with Crippen molar-refractivity contribution in [3.8, 4) is 0 Å². The Morgan fingerprint density at radius 3 is 2.39 bits per heavy atom. The molecule has 23 heavy (non-hydrogen) atoms. The molecule has 4 nitrogen and oxygen atoms in total. The van der Waals surface area contributed by atoms with Crippen LogP contribution in [0.1, 0.15) is 22.3 Å². The molecule has 3 N–H and O–H groups in total. The second-order valence-corrected chi connectivity index (χ2v) is 5.48. The predicted octanol–water partition coefficient (Wildman–Crippen LogP) is -1.47. The van der Waals surface area contributed by atoms with Crippen LogP contribution in [0.5, 0.6) is 0 Å². The molecule has 0 amide bonds. The molecule has 0 aromatic heterocycles. The van der Waals surface area contributed by atoms with E-state index >= 15 is 0 Å². The van der Waals surface area contributed by atoms with Crippen LogP contribution in [-0.2, 0) is 11.3 Å². The Morgan fingerprint density at radius 2 is 1.74 bits per heavy atom. The van der Waals surface area contributed by atoms with Crippen LogP contribution in [0.4, 0.5) is 5.69 Å². The van der Waals surface area contributed by atoms with E-state index in [-0.39, 0.29) is 18.4 Å². The average Bonchev–Trinajstić information content (AvgIpc) is 2.53. The number of halogens is 1. The van der Waals surface area contributed by atoms with E-state index in [1.54, 1.807) is 24.3 Å². The summed E-state index contributed by atoms with van der Waals surface area (Å²) in [6.07, 6.45) is 0.847. The number of nitrogen functional groups attached to an aromatic ring is 1. The van der Waals surface area contributed by atoms with Gasteiger partial charge in [0.15, 0.2) is 0 Å². The second-order valence-electron chi connectivity index (χ2n) is 5.48. The zero-order valence-electron chi connectivity index (χ0n) is 13.3. The van der Waals surface area contributed by atoms with E-state index < -0.39 is 0 Å². The standard InChI is InChI=1S/C18H22N2O2.ClH/c1-20(14-15-6-3-2-4-7-15)12-5-13-22-18(21)16-8-10-17(19)11-9-16;/h2-4,6-11H,5,12-14,19H2,1H3;1H. The van der Waals surface area contributed by atoms with Gasteiger partial charge in [-0.15, -0.1) is 0 Å². The zero-order valence-corrected chi connectivity index (χ0v) is 14.1.